The molecule has 0 saturated carbocycles. The summed E-state index contributed by atoms with van der Waals surface area (Å²) < 4.78 is 0. The Morgan fingerprint density at radius 2 is 1.70 bits per heavy atom. The molecule has 1 N–H and O–H groups in total. The van der Waals surface area contributed by atoms with Crippen molar-refractivity contribution in [2.24, 2.45) is 0 Å². The number of benzene rings is 2. The zero-order valence-corrected chi connectivity index (χ0v) is 16.0. The van der Waals surface area contributed by atoms with Crippen molar-refractivity contribution in [2.45, 2.75) is 6.92 Å². The van der Waals surface area contributed by atoms with Gasteiger partial charge in [0.1, 0.15) is 0 Å². The molecule has 2 aromatic carbocycles. The molecule has 0 aromatic heterocycles. The van der Waals surface area contributed by atoms with Crippen LogP contribution in [0.2, 0.25) is 5.02 Å². The number of anilines is 2. The highest BCUT2D eigenvalue weighted by atomic mass is 35.5. The molecule has 0 aliphatic carbocycles. The third-order valence-electron chi connectivity index (χ3n) is 4.79. The first kappa shape index (κ1) is 19.0. The number of halogens is 1. The van der Waals surface area contributed by atoms with Crippen molar-refractivity contribution in [1.29, 1.82) is 0 Å². The van der Waals surface area contributed by atoms with Crippen molar-refractivity contribution in [2.75, 3.05) is 43.0 Å². The van der Waals surface area contributed by atoms with Crippen molar-refractivity contribution in [3.05, 3.63) is 62.7 Å². The van der Waals surface area contributed by atoms with Gasteiger partial charge in [-0.05, 0) is 30.7 Å². The summed E-state index contributed by atoms with van der Waals surface area (Å²) in [5, 5.41) is 14.3. The number of nitrogens with one attached hydrogen (secondary N) is 1. The number of hydrogen-bond acceptors (Lipinski definition) is 5. The normalized spacial score (nSPS) is 14.2. The molecule has 7 nitrogen and oxygen atoms in total. The van der Waals surface area contributed by atoms with Gasteiger partial charge in [-0.15, -0.1) is 0 Å². The van der Waals surface area contributed by atoms with E-state index in [9.17, 15) is 14.9 Å². The maximum Gasteiger partial charge on any atom is 0.270 e. The molecule has 1 amide bonds. The Morgan fingerprint density at radius 1 is 1.07 bits per heavy atom. The molecule has 1 aliphatic heterocycles. The molecule has 3 rings (SSSR count). The Labute approximate surface area is 162 Å². The van der Waals surface area contributed by atoms with Crippen LogP contribution in [0.25, 0.3) is 0 Å². The minimum absolute atomic E-state index is 0.0921. The third kappa shape index (κ3) is 3.98. The first-order valence-electron chi connectivity index (χ1n) is 8.67. The summed E-state index contributed by atoms with van der Waals surface area (Å²) in [6.07, 6.45) is 0. The SMILES string of the molecule is CNC(=O)c1cc([N+](=O)[O-])ccc1N1CCN(c2cc(Cl)ccc2C)CC1. The van der Waals surface area contributed by atoms with Gasteiger partial charge in [-0.2, -0.15) is 0 Å². The third-order valence-corrected chi connectivity index (χ3v) is 5.03. The van der Waals surface area contributed by atoms with E-state index in [2.05, 4.69) is 22.0 Å². The van der Waals surface area contributed by atoms with E-state index in [0.29, 0.717) is 29.4 Å². The predicted octanol–water partition coefficient (Wildman–Crippen LogP) is 3.24. The van der Waals surface area contributed by atoms with Gasteiger partial charge in [-0.1, -0.05) is 17.7 Å². The molecule has 0 radical (unpaired) electrons. The highest BCUT2D eigenvalue weighted by Gasteiger charge is 2.24. The fourth-order valence-corrected chi connectivity index (χ4v) is 3.51. The number of piperazine rings is 1. The highest BCUT2D eigenvalue weighted by molar-refractivity contribution is 6.30. The highest BCUT2D eigenvalue weighted by Crippen LogP contribution is 2.29. The number of rotatable bonds is 4. The minimum atomic E-state index is -0.490. The second-order valence-corrected chi connectivity index (χ2v) is 6.88. The van der Waals surface area contributed by atoms with Gasteiger partial charge in [0.15, 0.2) is 0 Å². The molecule has 0 unspecified atom stereocenters. The second kappa shape index (κ2) is 7.84. The lowest BCUT2D eigenvalue weighted by Crippen LogP contribution is -2.47. The largest absolute Gasteiger partial charge is 0.368 e. The van der Waals surface area contributed by atoms with Crippen molar-refractivity contribution in [3.63, 3.8) is 0 Å². The Bertz CT molecular complexity index is 879. The summed E-state index contributed by atoms with van der Waals surface area (Å²) >= 11 is 6.14. The van der Waals surface area contributed by atoms with Crippen molar-refractivity contribution in [3.8, 4) is 0 Å². The number of non-ortho nitro benzene ring substituents is 1. The number of amides is 1. The van der Waals surface area contributed by atoms with Crippen LogP contribution in [0.5, 0.6) is 0 Å². The number of nitro groups is 1. The molecular formula is C19H21ClN4O3. The van der Waals surface area contributed by atoms with E-state index in [1.165, 1.54) is 19.2 Å². The number of nitrogens with zero attached hydrogens (tertiary/aromatic N) is 3. The Morgan fingerprint density at radius 3 is 2.30 bits per heavy atom. The van der Waals surface area contributed by atoms with Crippen LogP contribution in [-0.4, -0.2) is 44.1 Å². The molecule has 1 fully saturated rings. The molecule has 8 heteroatoms. The average Bonchev–Trinajstić information content (AvgIpc) is 2.69. The predicted molar refractivity (Wildman–Crippen MR) is 107 cm³/mol. The lowest BCUT2D eigenvalue weighted by atomic mass is 10.1. The lowest BCUT2D eigenvalue weighted by molar-refractivity contribution is -0.384. The Kier molecular flexibility index (Phi) is 5.51. The van der Waals surface area contributed by atoms with Crippen LogP contribution in [0.3, 0.4) is 0 Å². The van der Waals surface area contributed by atoms with Crippen molar-refractivity contribution < 1.29 is 9.72 Å². The quantitative estimate of drug-likeness (QED) is 0.642. The number of nitro benzene ring substituents is 1. The fourth-order valence-electron chi connectivity index (χ4n) is 3.34. The van der Waals surface area contributed by atoms with Crippen LogP contribution >= 0.6 is 11.6 Å². The summed E-state index contributed by atoms with van der Waals surface area (Å²) in [6.45, 7) is 5.00. The lowest BCUT2D eigenvalue weighted by Gasteiger charge is -2.38. The molecule has 0 spiro atoms. The standard InChI is InChI=1S/C19H21ClN4O3/c1-13-3-4-14(20)11-18(13)23-9-7-22(8-10-23)17-6-5-15(24(26)27)12-16(17)19(25)21-2/h3-6,11-12H,7-10H2,1-2H3,(H,21,25). The number of carbonyl (C=O) groups excluding carboxylic acids is 1. The van der Waals surface area contributed by atoms with Crippen LogP contribution in [0, 0.1) is 17.0 Å². The van der Waals surface area contributed by atoms with Crippen LogP contribution in [-0.2, 0) is 0 Å². The number of hydrogen-bond donors (Lipinski definition) is 1. The van der Waals surface area contributed by atoms with E-state index < -0.39 is 4.92 Å². The molecule has 27 heavy (non-hydrogen) atoms. The topological polar surface area (TPSA) is 78.7 Å². The first-order chi connectivity index (χ1) is 12.9. The van der Waals surface area contributed by atoms with E-state index in [1.54, 1.807) is 6.07 Å². The smallest absolute Gasteiger partial charge is 0.270 e. The molecule has 1 saturated heterocycles. The molecule has 142 valence electrons. The summed E-state index contributed by atoms with van der Waals surface area (Å²) in [5.74, 6) is -0.332. The average molecular weight is 389 g/mol. The van der Waals surface area contributed by atoms with Gasteiger partial charge in [-0.3, -0.25) is 14.9 Å². The first-order valence-corrected chi connectivity index (χ1v) is 9.05. The number of carbonyl (C=O) groups is 1. The summed E-state index contributed by atoms with van der Waals surface area (Å²) in [6, 6.07) is 10.3. The zero-order valence-electron chi connectivity index (χ0n) is 15.2. The molecule has 0 atom stereocenters. The summed E-state index contributed by atoms with van der Waals surface area (Å²) in [5.41, 5.74) is 3.21. The van der Waals surface area contributed by atoms with E-state index in [0.717, 1.165) is 24.3 Å². The van der Waals surface area contributed by atoms with E-state index >= 15 is 0 Å². The number of aryl methyl sites for hydroxylation is 1. The van der Waals surface area contributed by atoms with Crippen LogP contribution in [0.4, 0.5) is 17.1 Å². The van der Waals surface area contributed by atoms with Crippen LogP contribution in [0.1, 0.15) is 15.9 Å². The molecule has 1 heterocycles. The Hall–Kier alpha value is -2.80. The molecule has 2 aromatic rings. The zero-order chi connectivity index (χ0) is 19.6. The molecule has 0 bridgehead atoms. The van der Waals surface area contributed by atoms with Gasteiger partial charge in [0.05, 0.1) is 16.2 Å². The maximum atomic E-state index is 12.2. The van der Waals surface area contributed by atoms with Gasteiger partial charge in [0.2, 0.25) is 0 Å². The molecule has 1 aliphatic rings. The van der Waals surface area contributed by atoms with Crippen LogP contribution in [0.15, 0.2) is 36.4 Å². The molecular weight excluding hydrogens is 368 g/mol. The van der Waals surface area contributed by atoms with Crippen molar-refractivity contribution in [1.82, 2.24) is 5.32 Å². The van der Waals surface area contributed by atoms with Gasteiger partial charge >= 0.3 is 0 Å². The van der Waals surface area contributed by atoms with Crippen LogP contribution < -0.4 is 15.1 Å². The van der Waals surface area contributed by atoms with Gasteiger partial charge in [0.25, 0.3) is 11.6 Å². The van der Waals surface area contributed by atoms with Gasteiger partial charge in [0, 0.05) is 56.1 Å². The van der Waals surface area contributed by atoms with Gasteiger partial charge in [-0.25, -0.2) is 0 Å². The monoisotopic (exact) mass is 388 g/mol. The maximum absolute atomic E-state index is 12.2. The Balaban J connectivity index is 1.82. The second-order valence-electron chi connectivity index (χ2n) is 6.44. The van der Waals surface area contributed by atoms with E-state index in [4.69, 9.17) is 11.6 Å². The van der Waals surface area contributed by atoms with E-state index in [1.807, 2.05) is 18.2 Å². The van der Waals surface area contributed by atoms with Gasteiger partial charge < -0.3 is 15.1 Å². The summed E-state index contributed by atoms with van der Waals surface area (Å²) in [7, 11) is 1.52. The minimum Gasteiger partial charge on any atom is -0.368 e. The van der Waals surface area contributed by atoms with Crippen molar-refractivity contribution >= 4 is 34.6 Å². The van der Waals surface area contributed by atoms with E-state index in [-0.39, 0.29) is 11.6 Å². The summed E-state index contributed by atoms with van der Waals surface area (Å²) in [4.78, 5) is 27.2. The fraction of sp³-hybridized carbons (Fsp3) is 0.316.